The summed E-state index contributed by atoms with van der Waals surface area (Å²) in [4.78, 5) is 30.6. The lowest BCUT2D eigenvalue weighted by atomic mass is 10.1. The number of pyridine rings is 1. The molecule has 36 heavy (non-hydrogen) atoms. The van der Waals surface area contributed by atoms with E-state index in [1.807, 2.05) is 0 Å². The third-order valence-electron chi connectivity index (χ3n) is 5.78. The Morgan fingerprint density at radius 2 is 1.81 bits per heavy atom. The number of aryl methyl sites for hydroxylation is 1. The maximum atomic E-state index is 13.1. The molecule has 5 aromatic rings. The monoisotopic (exact) mass is 486 g/mol. The molecule has 0 aromatic carbocycles. The van der Waals surface area contributed by atoms with Gasteiger partial charge in [-0.1, -0.05) is 5.16 Å². The summed E-state index contributed by atoms with van der Waals surface area (Å²) >= 11 is 0. The largest absolute Gasteiger partial charge is 0.467 e. The Balaban J connectivity index is 1.26. The molecule has 0 aliphatic carbocycles. The van der Waals surface area contributed by atoms with Crippen LogP contribution in [0.2, 0.25) is 0 Å². The average Bonchev–Trinajstić information content (AvgIpc) is 3.71. The zero-order chi connectivity index (χ0) is 24.6. The van der Waals surface area contributed by atoms with Crippen LogP contribution < -0.4 is 0 Å². The number of carbonyl (C=O) groups is 2. The fraction of sp³-hybridized carbons (Fsp3) is 0.160. The van der Waals surface area contributed by atoms with Crippen LogP contribution in [-0.4, -0.2) is 39.3 Å². The van der Waals surface area contributed by atoms with Crippen molar-refractivity contribution in [2.24, 2.45) is 5.10 Å². The normalized spacial score (nSPS) is 15.4. The summed E-state index contributed by atoms with van der Waals surface area (Å²) in [7, 11) is 0. The van der Waals surface area contributed by atoms with Crippen molar-refractivity contribution >= 4 is 28.7 Å². The first-order valence-corrected chi connectivity index (χ1v) is 11.0. The highest BCUT2D eigenvalue weighted by Crippen LogP contribution is 2.33. The van der Waals surface area contributed by atoms with E-state index in [0.29, 0.717) is 46.2 Å². The number of hydrazone groups is 1. The zero-order valence-electron chi connectivity index (χ0n) is 18.9. The van der Waals surface area contributed by atoms with Crippen LogP contribution in [-0.2, 0) is 9.53 Å². The van der Waals surface area contributed by atoms with Gasteiger partial charge in [-0.2, -0.15) is 5.10 Å². The Hall–Kier alpha value is -4.93. The molecule has 1 unspecified atom stereocenters. The number of ether oxygens (including phenoxy) is 1. The van der Waals surface area contributed by atoms with Gasteiger partial charge in [0.1, 0.15) is 29.0 Å². The first kappa shape index (κ1) is 21.6. The number of hydrogen-bond donors (Lipinski definition) is 0. The van der Waals surface area contributed by atoms with Crippen LogP contribution in [0.1, 0.15) is 40.0 Å². The molecule has 1 amide bonds. The van der Waals surface area contributed by atoms with E-state index in [9.17, 15) is 9.59 Å². The summed E-state index contributed by atoms with van der Waals surface area (Å²) in [6.07, 6.45) is 4.94. The number of nitrogens with zero attached hydrogens (tertiary/aromatic N) is 4. The third-order valence-corrected chi connectivity index (χ3v) is 5.78. The summed E-state index contributed by atoms with van der Waals surface area (Å²) in [6.45, 7) is 1.14. The van der Waals surface area contributed by atoms with Crippen LogP contribution in [0, 0.1) is 6.92 Å². The minimum atomic E-state index is -0.737. The second-order valence-corrected chi connectivity index (χ2v) is 8.05. The van der Waals surface area contributed by atoms with Gasteiger partial charge in [0.15, 0.2) is 12.4 Å². The molecular weight excluding hydrogens is 468 g/mol. The number of amides is 1. The zero-order valence-corrected chi connectivity index (χ0v) is 18.9. The topological polar surface area (TPSA) is 137 Å². The molecule has 0 N–H and O–H groups in total. The van der Waals surface area contributed by atoms with Gasteiger partial charge in [-0.25, -0.2) is 14.8 Å². The first-order valence-electron chi connectivity index (χ1n) is 11.0. The van der Waals surface area contributed by atoms with Crippen LogP contribution in [0.4, 0.5) is 0 Å². The highest BCUT2D eigenvalue weighted by atomic mass is 16.5. The molecule has 0 fully saturated rings. The van der Waals surface area contributed by atoms with Gasteiger partial charge in [0.25, 0.3) is 11.6 Å². The number of fused-ring (bicyclic) bond motifs is 1. The fourth-order valence-electron chi connectivity index (χ4n) is 4.11. The quantitative estimate of drug-likeness (QED) is 0.317. The molecule has 1 aliphatic rings. The lowest BCUT2D eigenvalue weighted by Crippen LogP contribution is -2.31. The average molecular weight is 486 g/mol. The highest BCUT2D eigenvalue weighted by Gasteiger charge is 2.36. The fourth-order valence-corrected chi connectivity index (χ4v) is 4.11. The molecule has 0 saturated heterocycles. The van der Waals surface area contributed by atoms with Crippen molar-refractivity contribution < 1.29 is 32.1 Å². The van der Waals surface area contributed by atoms with Crippen molar-refractivity contribution in [3.8, 4) is 11.5 Å². The Morgan fingerprint density at radius 3 is 2.53 bits per heavy atom. The first-order chi connectivity index (χ1) is 17.6. The molecule has 11 nitrogen and oxygen atoms in total. The van der Waals surface area contributed by atoms with Crippen molar-refractivity contribution in [3.63, 3.8) is 0 Å². The van der Waals surface area contributed by atoms with Gasteiger partial charge in [-0.3, -0.25) is 4.79 Å². The van der Waals surface area contributed by atoms with Gasteiger partial charge in [0, 0.05) is 6.42 Å². The predicted octanol–water partition coefficient (Wildman–Crippen LogP) is 4.51. The second-order valence-electron chi connectivity index (χ2n) is 8.05. The molecule has 0 spiro atoms. The maximum absolute atomic E-state index is 13.1. The summed E-state index contributed by atoms with van der Waals surface area (Å²) in [6, 6.07) is 11.4. The number of hydrogen-bond acceptors (Lipinski definition) is 10. The molecule has 0 radical (unpaired) electrons. The van der Waals surface area contributed by atoms with Gasteiger partial charge >= 0.3 is 5.97 Å². The van der Waals surface area contributed by atoms with Gasteiger partial charge < -0.3 is 22.5 Å². The number of furan rings is 3. The Morgan fingerprint density at radius 1 is 1.06 bits per heavy atom. The number of carbonyl (C=O) groups excluding carboxylic acids is 2. The van der Waals surface area contributed by atoms with Crippen molar-refractivity contribution in [2.75, 3.05) is 6.61 Å². The lowest BCUT2D eigenvalue weighted by molar-refractivity contribution is -0.136. The van der Waals surface area contributed by atoms with E-state index >= 15 is 0 Å². The van der Waals surface area contributed by atoms with E-state index in [-0.39, 0.29) is 11.3 Å². The summed E-state index contributed by atoms with van der Waals surface area (Å²) in [5.41, 5.74) is 1.73. The lowest BCUT2D eigenvalue weighted by Gasteiger charge is -2.19. The number of rotatable bonds is 6. The molecule has 0 saturated carbocycles. The van der Waals surface area contributed by atoms with Crippen molar-refractivity contribution in [2.45, 2.75) is 19.4 Å². The summed E-state index contributed by atoms with van der Waals surface area (Å²) < 4.78 is 27.0. The molecule has 11 heteroatoms. The van der Waals surface area contributed by atoms with E-state index in [4.69, 9.17) is 22.5 Å². The highest BCUT2D eigenvalue weighted by molar-refractivity contribution is 6.05. The van der Waals surface area contributed by atoms with Crippen molar-refractivity contribution in [1.29, 1.82) is 0 Å². The molecule has 0 bridgehead atoms. The minimum Gasteiger partial charge on any atom is -0.467 e. The minimum absolute atomic E-state index is 0.154. The van der Waals surface area contributed by atoms with Gasteiger partial charge in [-0.05, 0) is 49.4 Å². The van der Waals surface area contributed by atoms with Gasteiger partial charge in [-0.15, -0.1) is 0 Å². The predicted molar refractivity (Wildman–Crippen MR) is 123 cm³/mol. The van der Waals surface area contributed by atoms with E-state index in [0.717, 1.165) is 0 Å². The molecule has 5 aromatic heterocycles. The SMILES string of the molecule is Cc1noc2nc(-c3ccco3)cc(C(=O)OCC(=O)N3N=C(c4ccco4)CC3c3ccco3)c12. The van der Waals surface area contributed by atoms with Crippen molar-refractivity contribution in [1.82, 2.24) is 15.1 Å². The van der Waals surface area contributed by atoms with E-state index in [2.05, 4.69) is 15.2 Å². The van der Waals surface area contributed by atoms with E-state index in [1.165, 1.54) is 29.9 Å². The Kier molecular flexibility index (Phi) is 5.21. The van der Waals surface area contributed by atoms with Gasteiger partial charge in [0.2, 0.25) is 0 Å². The molecule has 6 heterocycles. The van der Waals surface area contributed by atoms with Crippen LogP contribution >= 0.6 is 0 Å². The molecular formula is C25H18N4O7. The van der Waals surface area contributed by atoms with Crippen molar-refractivity contribution in [3.05, 3.63) is 84.0 Å². The molecule has 1 atom stereocenters. The smallest absolute Gasteiger partial charge is 0.339 e. The van der Waals surface area contributed by atoms with Crippen LogP contribution in [0.25, 0.3) is 22.6 Å². The summed E-state index contributed by atoms with van der Waals surface area (Å²) in [5, 5.41) is 9.99. The number of esters is 1. The van der Waals surface area contributed by atoms with Crippen LogP contribution in [0.5, 0.6) is 0 Å². The molecule has 180 valence electrons. The number of aromatic nitrogens is 2. The molecule has 1 aliphatic heterocycles. The van der Waals surface area contributed by atoms with Crippen LogP contribution in [0.15, 0.2) is 84.1 Å². The standard InChI is InChI=1S/C25H18N4O7/c1-14-23-15(11-16(19-5-2-8-32-19)26-24(23)36-28-14)25(31)35-13-22(30)29-18(21-7-4-10-34-21)12-17(27-29)20-6-3-9-33-20/h2-11,18H,12-13H2,1H3. The maximum Gasteiger partial charge on any atom is 0.339 e. The third kappa shape index (κ3) is 3.76. The Labute approximate surface area is 202 Å². The second kappa shape index (κ2) is 8.69. The Bertz CT molecular complexity index is 1560. The van der Waals surface area contributed by atoms with Crippen LogP contribution in [0.3, 0.4) is 0 Å². The summed E-state index contributed by atoms with van der Waals surface area (Å²) in [5.74, 6) is 0.281. The molecule has 6 rings (SSSR count). The van der Waals surface area contributed by atoms with E-state index < -0.39 is 24.5 Å². The van der Waals surface area contributed by atoms with E-state index in [1.54, 1.807) is 43.3 Å². The van der Waals surface area contributed by atoms with Gasteiger partial charge in [0.05, 0.1) is 35.4 Å².